The van der Waals surface area contributed by atoms with Crippen LogP contribution in [0.15, 0.2) is 41.4 Å². The third kappa shape index (κ3) is 4.59. The first kappa shape index (κ1) is 19.4. The number of amides is 1. The Morgan fingerprint density at radius 3 is 2.56 bits per heavy atom. The summed E-state index contributed by atoms with van der Waals surface area (Å²) < 4.78 is 27.7. The van der Waals surface area contributed by atoms with Crippen LogP contribution in [0.3, 0.4) is 0 Å². The van der Waals surface area contributed by atoms with E-state index in [1.54, 1.807) is 16.9 Å². The molecule has 1 atom stereocenters. The Balaban J connectivity index is 2.07. The maximum absolute atomic E-state index is 12.5. The van der Waals surface area contributed by atoms with Gasteiger partial charge in [0.2, 0.25) is 15.9 Å². The molecule has 0 aliphatic rings. The van der Waals surface area contributed by atoms with Crippen LogP contribution in [-0.2, 0) is 14.8 Å². The molecule has 0 aliphatic carbocycles. The second-order valence-corrected chi connectivity index (χ2v) is 8.16. The summed E-state index contributed by atoms with van der Waals surface area (Å²) in [5, 5.41) is 7.33. The summed E-state index contributed by atoms with van der Waals surface area (Å²) in [4.78, 5) is 12.3. The van der Waals surface area contributed by atoms with Crippen molar-refractivity contribution in [2.75, 3.05) is 18.9 Å². The number of carbonyl (C=O) groups excluding carboxylic acids is 1. The highest BCUT2D eigenvalue weighted by atomic mass is 35.5. The molecule has 7 nitrogen and oxygen atoms in total. The quantitative estimate of drug-likeness (QED) is 0.795. The van der Waals surface area contributed by atoms with Gasteiger partial charge in [-0.05, 0) is 37.6 Å². The molecule has 0 radical (unpaired) electrons. The Morgan fingerprint density at radius 1 is 1.32 bits per heavy atom. The van der Waals surface area contributed by atoms with Crippen molar-refractivity contribution in [2.24, 2.45) is 0 Å². The summed E-state index contributed by atoms with van der Waals surface area (Å²) in [6.45, 7) is 3.70. The van der Waals surface area contributed by atoms with Gasteiger partial charge in [0, 0.05) is 18.1 Å². The Kier molecular flexibility index (Phi) is 6.21. The predicted molar refractivity (Wildman–Crippen MR) is 97.1 cm³/mol. The topological polar surface area (TPSA) is 84.3 Å². The molecule has 0 saturated carbocycles. The summed E-state index contributed by atoms with van der Waals surface area (Å²) >= 11 is 5.78. The van der Waals surface area contributed by atoms with E-state index in [-0.39, 0.29) is 17.5 Å². The maximum Gasteiger partial charge on any atom is 0.243 e. The molecular formula is C16H21ClN4O3S. The lowest BCUT2D eigenvalue weighted by molar-refractivity contribution is -0.116. The zero-order valence-corrected chi connectivity index (χ0v) is 15.9. The van der Waals surface area contributed by atoms with Gasteiger partial charge in [0.05, 0.1) is 23.7 Å². The molecule has 136 valence electrons. The number of rotatable bonds is 7. The molecule has 0 saturated heterocycles. The molecule has 1 aromatic carbocycles. The summed E-state index contributed by atoms with van der Waals surface area (Å²) in [6.07, 6.45) is 2.45. The lowest BCUT2D eigenvalue weighted by Gasteiger charge is -2.18. The van der Waals surface area contributed by atoms with Crippen molar-refractivity contribution >= 4 is 33.3 Å². The lowest BCUT2D eigenvalue weighted by Crippen LogP contribution is -2.35. The van der Waals surface area contributed by atoms with Gasteiger partial charge in [-0.15, -0.1) is 0 Å². The van der Waals surface area contributed by atoms with Crippen molar-refractivity contribution < 1.29 is 13.2 Å². The number of nitrogens with zero attached hydrogens (tertiary/aromatic N) is 3. The molecule has 25 heavy (non-hydrogen) atoms. The van der Waals surface area contributed by atoms with E-state index in [4.69, 9.17) is 11.6 Å². The van der Waals surface area contributed by atoms with Crippen molar-refractivity contribution in [2.45, 2.75) is 31.2 Å². The predicted octanol–water partition coefficient (Wildman–Crippen LogP) is 2.77. The van der Waals surface area contributed by atoms with Crippen LogP contribution in [0.4, 0.5) is 5.82 Å². The van der Waals surface area contributed by atoms with E-state index >= 15 is 0 Å². The molecule has 1 aromatic heterocycles. The molecule has 2 rings (SSSR count). The Hall–Kier alpha value is -1.90. The number of likely N-dealkylation sites (N-methyl/N-ethyl adjacent to an activating group) is 1. The number of halogens is 1. The van der Waals surface area contributed by atoms with Crippen LogP contribution in [0, 0.1) is 0 Å². The fourth-order valence-electron chi connectivity index (χ4n) is 2.19. The minimum Gasteiger partial charge on any atom is -0.310 e. The number of benzene rings is 1. The lowest BCUT2D eigenvalue weighted by atomic mass is 10.3. The first-order valence-electron chi connectivity index (χ1n) is 7.81. The Morgan fingerprint density at radius 2 is 1.96 bits per heavy atom. The van der Waals surface area contributed by atoms with Gasteiger partial charge in [-0.25, -0.2) is 13.1 Å². The van der Waals surface area contributed by atoms with Crippen molar-refractivity contribution in [3.05, 3.63) is 41.6 Å². The number of sulfonamides is 1. The highest BCUT2D eigenvalue weighted by molar-refractivity contribution is 7.89. The van der Waals surface area contributed by atoms with Crippen LogP contribution in [0.25, 0.3) is 0 Å². The van der Waals surface area contributed by atoms with Crippen LogP contribution in [0.2, 0.25) is 5.02 Å². The normalized spacial score (nSPS) is 13.0. The van der Waals surface area contributed by atoms with Gasteiger partial charge < -0.3 is 5.32 Å². The molecule has 0 spiro atoms. The molecule has 1 heterocycles. The van der Waals surface area contributed by atoms with E-state index < -0.39 is 15.9 Å². The number of anilines is 1. The van der Waals surface area contributed by atoms with E-state index in [0.29, 0.717) is 10.8 Å². The zero-order valence-electron chi connectivity index (χ0n) is 14.3. The van der Waals surface area contributed by atoms with Crippen LogP contribution < -0.4 is 5.32 Å². The Labute approximate surface area is 152 Å². The highest BCUT2D eigenvalue weighted by Gasteiger charge is 2.23. The largest absolute Gasteiger partial charge is 0.310 e. The summed E-state index contributed by atoms with van der Waals surface area (Å²) in [5.74, 6) is 0.0988. The second kappa shape index (κ2) is 7.99. The van der Waals surface area contributed by atoms with E-state index in [0.717, 1.165) is 10.7 Å². The standard InChI is InChI=1S/C16H21ClN4O3S/c1-4-12(2)21-15(9-10-18-21)19-16(22)11-20(3)25(23,24)14-7-5-13(17)6-8-14/h5-10,12H,4,11H2,1-3H3,(H,19,22). The average molecular weight is 385 g/mol. The smallest absolute Gasteiger partial charge is 0.243 e. The van der Waals surface area contributed by atoms with Gasteiger partial charge in [-0.3, -0.25) is 4.79 Å². The van der Waals surface area contributed by atoms with Gasteiger partial charge in [-0.1, -0.05) is 18.5 Å². The molecule has 0 bridgehead atoms. The van der Waals surface area contributed by atoms with Crippen LogP contribution in [-0.4, -0.2) is 42.0 Å². The van der Waals surface area contributed by atoms with Gasteiger partial charge in [-0.2, -0.15) is 9.40 Å². The summed E-state index contributed by atoms with van der Waals surface area (Å²) in [6, 6.07) is 7.60. The summed E-state index contributed by atoms with van der Waals surface area (Å²) in [7, 11) is -2.41. The van der Waals surface area contributed by atoms with Gasteiger partial charge in [0.15, 0.2) is 0 Å². The van der Waals surface area contributed by atoms with Gasteiger partial charge >= 0.3 is 0 Å². The third-order valence-electron chi connectivity index (χ3n) is 3.83. The van der Waals surface area contributed by atoms with Crippen LogP contribution >= 0.6 is 11.6 Å². The minimum atomic E-state index is -3.77. The molecule has 1 unspecified atom stereocenters. The SMILES string of the molecule is CCC(C)n1nccc1NC(=O)CN(C)S(=O)(=O)c1ccc(Cl)cc1. The molecule has 2 aromatic rings. The molecular weight excluding hydrogens is 364 g/mol. The van der Waals surface area contributed by atoms with Gasteiger partial charge in [0.25, 0.3) is 0 Å². The second-order valence-electron chi connectivity index (χ2n) is 5.68. The highest BCUT2D eigenvalue weighted by Crippen LogP contribution is 2.18. The van der Waals surface area contributed by atoms with E-state index in [9.17, 15) is 13.2 Å². The monoisotopic (exact) mass is 384 g/mol. The maximum atomic E-state index is 12.5. The van der Waals surface area contributed by atoms with Crippen molar-refractivity contribution in [1.29, 1.82) is 0 Å². The van der Waals surface area contributed by atoms with Crippen molar-refractivity contribution in [3.8, 4) is 0 Å². The molecule has 0 fully saturated rings. The van der Waals surface area contributed by atoms with E-state index in [1.165, 1.54) is 31.3 Å². The first-order valence-corrected chi connectivity index (χ1v) is 9.62. The fourth-order valence-corrected chi connectivity index (χ4v) is 3.45. The number of hydrogen-bond donors (Lipinski definition) is 1. The van der Waals surface area contributed by atoms with Crippen LogP contribution in [0.1, 0.15) is 26.3 Å². The summed E-state index contributed by atoms with van der Waals surface area (Å²) in [5.41, 5.74) is 0. The minimum absolute atomic E-state index is 0.0804. The van der Waals surface area contributed by atoms with Crippen molar-refractivity contribution in [1.82, 2.24) is 14.1 Å². The van der Waals surface area contributed by atoms with E-state index in [1.807, 2.05) is 13.8 Å². The first-order chi connectivity index (χ1) is 11.8. The molecule has 9 heteroatoms. The van der Waals surface area contributed by atoms with Crippen LogP contribution in [0.5, 0.6) is 0 Å². The third-order valence-corrected chi connectivity index (χ3v) is 5.90. The Bertz CT molecular complexity index is 833. The average Bonchev–Trinajstić information content (AvgIpc) is 3.02. The number of nitrogens with one attached hydrogen (secondary N) is 1. The molecule has 0 aliphatic heterocycles. The molecule has 1 N–H and O–H groups in total. The fraction of sp³-hybridized carbons (Fsp3) is 0.375. The number of aromatic nitrogens is 2. The molecule has 1 amide bonds. The van der Waals surface area contributed by atoms with Crippen molar-refractivity contribution in [3.63, 3.8) is 0 Å². The number of hydrogen-bond acceptors (Lipinski definition) is 4. The van der Waals surface area contributed by atoms with Gasteiger partial charge in [0.1, 0.15) is 5.82 Å². The van der Waals surface area contributed by atoms with E-state index in [2.05, 4.69) is 10.4 Å². The number of carbonyl (C=O) groups is 1. The zero-order chi connectivity index (χ0) is 18.6.